The fraction of sp³-hybridized carbons (Fsp3) is 0.625. The zero-order valence-electron chi connectivity index (χ0n) is 6.76. The van der Waals surface area contributed by atoms with Crippen molar-refractivity contribution in [2.45, 2.75) is 33.3 Å². The van der Waals surface area contributed by atoms with Crippen LogP contribution in [-0.4, -0.2) is 12.1 Å². The topological polar surface area (TPSA) is 26.3 Å². The number of hydrogen-bond donors (Lipinski definition) is 0. The second kappa shape index (κ2) is 5.03. The third-order valence-electron chi connectivity index (χ3n) is 0.995. The highest BCUT2D eigenvalue weighted by atomic mass is 16.5. The summed E-state index contributed by atoms with van der Waals surface area (Å²) in [6.45, 7) is 5.29. The number of ether oxygens (including phenoxy) is 1. The predicted octanol–water partition coefficient (Wildman–Crippen LogP) is 1.90. The first kappa shape index (κ1) is 9.21. The Morgan fingerprint density at radius 1 is 1.70 bits per heavy atom. The lowest BCUT2D eigenvalue weighted by Crippen LogP contribution is -2.08. The van der Waals surface area contributed by atoms with Gasteiger partial charge >= 0.3 is 5.97 Å². The van der Waals surface area contributed by atoms with Gasteiger partial charge in [-0.25, -0.2) is 0 Å². The van der Waals surface area contributed by atoms with Crippen molar-refractivity contribution in [3.8, 4) is 0 Å². The summed E-state index contributed by atoms with van der Waals surface area (Å²) in [6, 6.07) is 0. The quantitative estimate of drug-likeness (QED) is 0.444. The van der Waals surface area contributed by atoms with E-state index in [4.69, 9.17) is 4.74 Å². The van der Waals surface area contributed by atoms with Gasteiger partial charge in [-0.2, -0.15) is 0 Å². The van der Waals surface area contributed by atoms with E-state index >= 15 is 0 Å². The summed E-state index contributed by atoms with van der Waals surface area (Å²) >= 11 is 0. The van der Waals surface area contributed by atoms with Crippen LogP contribution in [0.4, 0.5) is 0 Å². The molecule has 2 heteroatoms. The molecule has 10 heavy (non-hydrogen) atoms. The Morgan fingerprint density at radius 3 is 2.70 bits per heavy atom. The second-order valence-electron chi connectivity index (χ2n) is 2.15. The third-order valence-corrected chi connectivity index (χ3v) is 0.995. The monoisotopic (exact) mass is 142 g/mol. The molecule has 0 N–H and O–H groups in total. The molecule has 2 nitrogen and oxygen atoms in total. The van der Waals surface area contributed by atoms with Crippen LogP contribution in [0.1, 0.15) is 27.2 Å². The van der Waals surface area contributed by atoms with Crippen LogP contribution in [0, 0.1) is 0 Å². The number of rotatable bonds is 3. The standard InChI is InChI=1S/C8H14O2/c1-4-5-6-7(2)10-8(3)9/h5-7H,4H2,1-3H3/b6-5+. The van der Waals surface area contributed by atoms with Crippen molar-refractivity contribution in [3.63, 3.8) is 0 Å². The summed E-state index contributed by atoms with van der Waals surface area (Å²) in [7, 11) is 0. The summed E-state index contributed by atoms with van der Waals surface area (Å²) in [5.41, 5.74) is 0. The number of carbonyl (C=O) groups excluding carboxylic acids is 1. The smallest absolute Gasteiger partial charge is 0.303 e. The van der Waals surface area contributed by atoms with Crippen LogP contribution in [0.25, 0.3) is 0 Å². The fourth-order valence-electron chi connectivity index (χ4n) is 0.629. The van der Waals surface area contributed by atoms with Crippen LogP contribution < -0.4 is 0 Å². The van der Waals surface area contributed by atoms with Gasteiger partial charge in [-0.05, 0) is 19.4 Å². The minimum atomic E-state index is -0.228. The average molecular weight is 142 g/mol. The lowest BCUT2D eigenvalue weighted by molar-refractivity contribution is -0.143. The Hall–Kier alpha value is -0.790. The maximum Gasteiger partial charge on any atom is 0.303 e. The molecule has 0 amide bonds. The highest BCUT2D eigenvalue weighted by molar-refractivity contribution is 5.66. The van der Waals surface area contributed by atoms with Crippen molar-refractivity contribution in [2.75, 3.05) is 0 Å². The molecule has 0 aliphatic rings. The third kappa shape index (κ3) is 5.35. The summed E-state index contributed by atoms with van der Waals surface area (Å²) in [5, 5.41) is 0. The van der Waals surface area contributed by atoms with Crippen molar-refractivity contribution in [1.82, 2.24) is 0 Å². The number of esters is 1. The van der Waals surface area contributed by atoms with E-state index in [0.717, 1.165) is 6.42 Å². The van der Waals surface area contributed by atoms with E-state index in [0.29, 0.717) is 0 Å². The van der Waals surface area contributed by atoms with Gasteiger partial charge in [0, 0.05) is 6.92 Å². The molecule has 0 spiro atoms. The molecule has 0 fully saturated rings. The van der Waals surface area contributed by atoms with Gasteiger partial charge in [-0.15, -0.1) is 0 Å². The van der Waals surface area contributed by atoms with Gasteiger partial charge in [-0.1, -0.05) is 13.0 Å². The van der Waals surface area contributed by atoms with E-state index in [1.165, 1.54) is 6.92 Å². The van der Waals surface area contributed by atoms with E-state index in [2.05, 4.69) is 0 Å². The molecule has 0 aromatic heterocycles. The molecule has 58 valence electrons. The van der Waals surface area contributed by atoms with E-state index in [1.54, 1.807) is 0 Å². The van der Waals surface area contributed by atoms with Crippen LogP contribution in [0.5, 0.6) is 0 Å². The number of carbonyl (C=O) groups is 1. The van der Waals surface area contributed by atoms with E-state index < -0.39 is 0 Å². The van der Waals surface area contributed by atoms with Gasteiger partial charge in [0.2, 0.25) is 0 Å². The molecule has 0 aromatic carbocycles. The van der Waals surface area contributed by atoms with Crippen molar-refractivity contribution < 1.29 is 9.53 Å². The van der Waals surface area contributed by atoms with Gasteiger partial charge in [0.05, 0.1) is 0 Å². The first-order valence-corrected chi connectivity index (χ1v) is 3.50. The van der Waals surface area contributed by atoms with Gasteiger partial charge in [-0.3, -0.25) is 4.79 Å². The Kier molecular flexibility index (Phi) is 4.63. The molecule has 0 rings (SSSR count). The predicted molar refractivity (Wildman–Crippen MR) is 40.7 cm³/mol. The van der Waals surface area contributed by atoms with Crippen LogP contribution in [0.2, 0.25) is 0 Å². The molecule has 0 heterocycles. The van der Waals surface area contributed by atoms with Crippen molar-refractivity contribution in [3.05, 3.63) is 12.2 Å². The molecule has 1 atom stereocenters. The molecule has 1 unspecified atom stereocenters. The zero-order valence-corrected chi connectivity index (χ0v) is 6.76. The molecule has 0 bridgehead atoms. The normalized spacial score (nSPS) is 13.5. The largest absolute Gasteiger partial charge is 0.459 e. The van der Waals surface area contributed by atoms with E-state index in [9.17, 15) is 4.79 Å². The number of allylic oxidation sites excluding steroid dienone is 1. The molecule has 0 aromatic rings. The van der Waals surface area contributed by atoms with Crippen molar-refractivity contribution in [2.24, 2.45) is 0 Å². The highest BCUT2D eigenvalue weighted by Crippen LogP contribution is 1.93. The summed E-state index contributed by atoms with van der Waals surface area (Å²) < 4.78 is 4.83. The summed E-state index contributed by atoms with van der Waals surface area (Å²) in [6.07, 6.45) is 4.75. The minimum absolute atomic E-state index is 0.0857. The second-order valence-corrected chi connectivity index (χ2v) is 2.15. The Balaban J connectivity index is 3.52. The van der Waals surface area contributed by atoms with E-state index in [-0.39, 0.29) is 12.1 Å². The van der Waals surface area contributed by atoms with Crippen LogP contribution in [0.3, 0.4) is 0 Å². The molecule has 0 aliphatic heterocycles. The first-order chi connectivity index (χ1) is 4.66. The molecule has 0 radical (unpaired) electrons. The number of hydrogen-bond acceptors (Lipinski definition) is 2. The van der Waals surface area contributed by atoms with Gasteiger partial charge in [0.1, 0.15) is 6.10 Å². The van der Waals surface area contributed by atoms with Gasteiger partial charge in [0.15, 0.2) is 0 Å². The van der Waals surface area contributed by atoms with Crippen molar-refractivity contribution >= 4 is 5.97 Å². The molecular formula is C8H14O2. The maximum atomic E-state index is 10.4. The minimum Gasteiger partial charge on any atom is -0.459 e. The molecule has 0 aliphatic carbocycles. The molecule has 0 saturated carbocycles. The fourth-order valence-corrected chi connectivity index (χ4v) is 0.629. The van der Waals surface area contributed by atoms with Gasteiger partial charge in [0.25, 0.3) is 0 Å². The summed E-state index contributed by atoms with van der Waals surface area (Å²) in [5.74, 6) is -0.228. The Bertz CT molecular complexity index is 127. The van der Waals surface area contributed by atoms with E-state index in [1.807, 2.05) is 26.0 Å². The maximum absolute atomic E-state index is 10.4. The van der Waals surface area contributed by atoms with Crippen LogP contribution >= 0.6 is 0 Å². The highest BCUT2D eigenvalue weighted by Gasteiger charge is 1.97. The lowest BCUT2D eigenvalue weighted by atomic mass is 10.3. The SMILES string of the molecule is CC/C=C/C(C)OC(C)=O. The zero-order chi connectivity index (χ0) is 7.98. The van der Waals surface area contributed by atoms with Crippen LogP contribution in [0.15, 0.2) is 12.2 Å². The first-order valence-electron chi connectivity index (χ1n) is 3.50. The Labute approximate surface area is 61.9 Å². The van der Waals surface area contributed by atoms with Gasteiger partial charge < -0.3 is 4.74 Å². The molecule has 0 saturated heterocycles. The molecular weight excluding hydrogens is 128 g/mol. The average Bonchev–Trinajstić information content (AvgIpc) is 1.82. The summed E-state index contributed by atoms with van der Waals surface area (Å²) in [4.78, 5) is 10.4. The lowest BCUT2D eigenvalue weighted by Gasteiger charge is -2.04. The Morgan fingerprint density at radius 2 is 2.30 bits per heavy atom. The van der Waals surface area contributed by atoms with Crippen molar-refractivity contribution in [1.29, 1.82) is 0 Å². The van der Waals surface area contributed by atoms with Crippen LogP contribution in [-0.2, 0) is 9.53 Å².